The third-order valence-corrected chi connectivity index (χ3v) is 7.26. The Kier molecular flexibility index (Phi) is 5.87. The van der Waals surface area contributed by atoms with E-state index < -0.39 is 0 Å². The van der Waals surface area contributed by atoms with Crippen LogP contribution in [0.1, 0.15) is 15.9 Å². The van der Waals surface area contributed by atoms with Crippen LogP contribution in [0.2, 0.25) is 0 Å². The van der Waals surface area contributed by atoms with Crippen LogP contribution < -0.4 is 0 Å². The Labute approximate surface area is 187 Å². The molecule has 4 rings (SSSR count). The van der Waals surface area contributed by atoms with Gasteiger partial charge in [-0.25, -0.2) is 4.98 Å². The van der Waals surface area contributed by atoms with Crippen LogP contribution in [-0.2, 0) is 6.42 Å². The van der Waals surface area contributed by atoms with Gasteiger partial charge in [0.1, 0.15) is 5.75 Å². The zero-order valence-corrected chi connectivity index (χ0v) is 19.2. The molecule has 0 saturated carbocycles. The minimum atomic E-state index is -0.133. The Hall–Kier alpha value is -1.67. The van der Waals surface area contributed by atoms with Crippen LogP contribution >= 0.6 is 55.0 Å². The molecule has 0 aliphatic carbocycles. The van der Waals surface area contributed by atoms with Crippen molar-refractivity contribution in [3.63, 3.8) is 0 Å². The Balaban J connectivity index is 1.48. The van der Waals surface area contributed by atoms with Crippen LogP contribution in [0.3, 0.4) is 0 Å². The van der Waals surface area contributed by atoms with E-state index in [9.17, 15) is 9.90 Å². The molecule has 0 amide bonds. The summed E-state index contributed by atoms with van der Waals surface area (Å²) in [4.78, 5) is 18.3. The highest BCUT2D eigenvalue weighted by Gasteiger charge is 2.15. The van der Waals surface area contributed by atoms with Gasteiger partial charge in [-0.15, -0.1) is 11.3 Å². The summed E-state index contributed by atoms with van der Waals surface area (Å²) in [5, 5.41) is 10.1. The zero-order chi connectivity index (χ0) is 19.7. The summed E-state index contributed by atoms with van der Waals surface area (Å²) < 4.78 is 3.40. The molecule has 3 nitrogen and oxygen atoms in total. The van der Waals surface area contributed by atoms with E-state index in [1.54, 1.807) is 35.2 Å². The van der Waals surface area contributed by atoms with Gasteiger partial charge in [-0.1, -0.05) is 52.0 Å². The maximum atomic E-state index is 12.6. The minimum Gasteiger partial charge on any atom is -0.506 e. The molecule has 1 N–H and O–H groups in total. The number of hydrogen-bond donors (Lipinski definition) is 1. The first-order valence-corrected chi connectivity index (χ1v) is 11.5. The molecule has 0 saturated heterocycles. The number of phenols is 1. The first kappa shape index (κ1) is 19.6. The number of Topliss-reactive ketones (excluding diaryl/α,β-unsaturated/α-hetero) is 1. The Morgan fingerprint density at radius 3 is 2.57 bits per heavy atom. The number of rotatable bonds is 5. The molecular formula is C21H13Br2NO2S2. The van der Waals surface area contributed by atoms with Gasteiger partial charge in [0.25, 0.3) is 0 Å². The third kappa shape index (κ3) is 4.33. The molecule has 1 heterocycles. The van der Waals surface area contributed by atoms with Crippen molar-refractivity contribution in [2.24, 2.45) is 0 Å². The predicted molar refractivity (Wildman–Crippen MR) is 122 cm³/mol. The van der Waals surface area contributed by atoms with E-state index in [1.165, 1.54) is 4.70 Å². The summed E-state index contributed by atoms with van der Waals surface area (Å²) >= 11 is 9.90. The van der Waals surface area contributed by atoms with Gasteiger partial charge in [0, 0.05) is 15.8 Å². The fourth-order valence-electron chi connectivity index (χ4n) is 2.73. The van der Waals surface area contributed by atoms with E-state index in [0.717, 1.165) is 24.8 Å². The summed E-state index contributed by atoms with van der Waals surface area (Å²) in [5.74, 6) is -0.165. The average molecular weight is 535 g/mol. The molecule has 4 aromatic rings. The van der Waals surface area contributed by atoms with Gasteiger partial charge in [0.2, 0.25) is 0 Å². The number of aromatic hydroxyl groups is 1. The molecule has 1 aromatic heterocycles. The van der Waals surface area contributed by atoms with E-state index in [0.29, 0.717) is 10.0 Å². The molecule has 28 heavy (non-hydrogen) atoms. The van der Waals surface area contributed by atoms with Gasteiger partial charge in [-0.3, -0.25) is 4.79 Å². The maximum Gasteiger partial charge on any atom is 0.171 e. The molecule has 0 fully saturated rings. The lowest BCUT2D eigenvalue weighted by Gasteiger charge is -2.07. The van der Waals surface area contributed by atoms with E-state index >= 15 is 0 Å². The Morgan fingerprint density at radius 2 is 1.82 bits per heavy atom. The number of benzene rings is 3. The molecule has 0 aliphatic rings. The average Bonchev–Trinajstić information content (AvgIpc) is 3.08. The maximum absolute atomic E-state index is 12.6. The smallest absolute Gasteiger partial charge is 0.171 e. The van der Waals surface area contributed by atoms with Crippen LogP contribution in [0, 0.1) is 0 Å². The quantitative estimate of drug-likeness (QED) is 0.277. The number of nitrogens with zero attached hydrogens (tertiary/aromatic N) is 1. The second-order valence-corrected chi connectivity index (χ2v) is 10.2. The van der Waals surface area contributed by atoms with Gasteiger partial charge < -0.3 is 5.11 Å². The molecular weight excluding hydrogens is 522 g/mol. The van der Waals surface area contributed by atoms with Crippen molar-refractivity contribution in [3.8, 4) is 5.75 Å². The number of halogens is 2. The summed E-state index contributed by atoms with van der Waals surface area (Å²) in [6.45, 7) is 0. The van der Waals surface area contributed by atoms with Crippen molar-refractivity contribution < 1.29 is 9.90 Å². The van der Waals surface area contributed by atoms with Crippen molar-refractivity contribution in [3.05, 3.63) is 80.7 Å². The molecule has 7 heteroatoms. The summed E-state index contributed by atoms with van der Waals surface area (Å²) in [7, 11) is 0. The number of carbonyl (C=O) groups excluding carboxylic acids is 1. The van der Waals surface area contributed by atoms with Gasteiger partial charge in [-0.2, -0.15) is 0 Å². The number of phenolic OH excluding ortho intramolecular Hbond substituents is 1. The highest BCUT2D eigenvalue weighted by Crippen LogP contribution is 2.35. The number of fused-ring (bicyclic) bond motifs is 1. The molecule has 3 aromatic carbocycles. The Bertz CT molecular complexity index is 1140. The SMILES string of the molecule is O=C(Cc1ccc(Sc2nc3ccccc3s2)cc1)c1cc(Br)cc(Br)c1O. The van der Waals surface area contributed by atoms with Gasteiger partial charge in [-0.05, 0) is 57.9 Å². The monoisotopic (exact) mass is 533 g/mol. The van der Waals surface area contributed by atoms with Crippen molar-refractivity contribution in [2.75, 3.05) is 0 Å². The predicted octanol–water partition coefficient (Wildman–Crippen LogP) is 7.10. The lowest BCUT2D eigenvalue weighted by molar-refractivity contribution is 0.0990. The number of para-hydroxylation sites is 1. The fraction of sp³-hybridized carbons (Fsp3) is 0.0476. The number of aromatic nitrogens is 1. The van der Waals surface area contributed by atoms with Gasteiger partial charge >= 0.3 is 0 Å². The molecule has 140 valence electrons. The lowest BCUT2D eigenvalue weighted by Crippen LogP contribution is -2.04. The van der Waals surface area contributed by atoms with E-state index in [2.05, 4.69) is 42.9 Å². The van der Waals surface area contributed by atoms with Gasteiger partial charge in [0.05, 0.1) is 20.3 Å². The van der Waals surface area contributed by atoms with E-state index in [1.807, 2.05) is 42.5 Å². The second-order valence-electron chi connectivity index (χ2n) is 6.08. The molecule has 0 unspecified atom stereocenters. The zero-order valence-electron chi connectivity index (χ0n) is 14.4. The standard InChI is InChI=1S/C21H13Br2NO2S2/c22-13-10-15(20(26)16(23)11-13)18(25)9-12-5-7-14(8-6-12)27-21-24-17-3-1-2-4-19(17)28-21/h1-8,10-11,26H,9H2. The van der Waals surface area contributed by atoms with Gasteiger partial charge in [0.15, 0.2) is 10.1 Å². The second kappa shape index (κ2) is 8.37. The largest absolute Gasteiger partial charge is 0.506 e. The van der Waals surface area contributed by atoms with Crippen LogP contribution in [0.25, 0.3) is 10.2 Å². The van der Waals surface area contributed by atoms with Crippen LogP contribution in [0.4, 0.5) is 0 Å². The lowest BCUT2D eigenvalue weighted by atomic mass is 10.0. The van der Waals surface area contributed by atoms with E-state index in [4.69, 9.17) is 0 Å². The van der Waals surface area contributed by atoms with Crippen LogP contribution in [0.15, 0.2) is 78.8 Å². The van der Waals surface area contributed by atoms with Crippen molar-refractivity contribution in [1.82, 2.24) is 4.98 Å². The molecule has 0 bridgehead atoms. The van der Waals surface area contributed by atoms with E-state index in [-0.39, 0.29) is 18.0 Å². The number of carbonyl (C=O) groups is 1. The first-order valence-electron chi connectivity index (χ1n) is 8.33. The molecule has 0 spiro atoms. The minimum absolute atomic E-state index is 0.0313. The Morgan fingerprint density at radius 1 is 1.07 bits per heavy atom. The van der Waals surface area contributed by atoms with Crippen molar-refractivity contribution in [2.45, 2.75) is 15.7 Å². The molecule has 0 radical (unpaired) electrons. The van der Waals surface area contributed by atoms with Crippen LogP contribution in [0.5, 0.6) is 5.75 Å². The number of hydrogen-bond acceptors (Lipinski definition) is 5. The van der Waals surface area contributed by atoms with Crippen molar-refractivity contribution >= 4 is 71.0 Å². The summed E-state index contributed by atoms with van der Waals surface area (Å²) in [6, 6.07) is 19.3. The molecule has 0 aliphatic heterocycles. The summed E-state index contributed by atoms with van der Waals surface area (Å²) in [5.41, 5.74) is 2.21. The van der Waals surface area contributed by atoms with Crippen molar-refractivity contribution in [1.29, 1.82) is 0 Å². The number of thiazole rings is 1. The topological polar surface area (TPSA) is 50.2 Å². The third-order valence-electron chi connectivity index (χ3n) is 4.10. The first-order chi connectivity index (χ1) is 13.5. The highest BCUT2D eigenvalue weighted by molar-refractivity contribution is 9.11. The summed E-state index contributed by atoms with van der Waals surface area (Å²) in [6.07, 6.45) is 0.225. The number of ketones is 1. The molecule has 0 atom stereocenters. The fourth-order valence-corrected chi connectivity index (χ4v) is 5.99. The highest BCUT2D eigenvalue weighted by atomic mass is 79.9. The normalized spacial score (nSPS) is 11.1. The van der Waals surface area contributed by atoms with Crippen LogP contribution in [-0.4, -0.2) is 15.9 Å².